The Morgan fingerprint density at radius 2 is 1.65 bits per heavy atom. The number of benzene rings is 2. The number of hydrogen-bond donors (Lipinski definition) is 1. The fourth-order valence-electron chi connectivity index (χ4n) is 2.43. The number of nitrogens with one attached hydrogen (secondary N) is 1. The van der Waals surface area contributed by atoms with E-state index in [0.717, 1.165) is 23.4 Å². The number of carbonyl (C=O) groups is 1. The Balaban J connectivity index is 2.00. The maximum absolute atomic E-state index is 12.5. The second kappa shape index (κ2) is 7.42. The average molecular weight is 310 g/mol. The number of nitrogens with zero attached hydrogens (tertiary/aromatic N) is 1. The predicted molar refractivity (Wildman–Crippen MR) is 96.7 cm³/mol. The number of rotatable bonds is 5. The standard InChI is InChI=1S/C20H26N2O/c1-14-7-10-18(11-8-14)13-22(5)17(4)20(23)21-19-12-15(2)6-9-16(19)3/h6-12,17H,13H2,1-5H3,(H,21,23). The number of amides is 1. The topological polar surface area (TPSA) is 32.3 Å². The molecule has 0 saturated carbocycles. The van der Waals surface area contributed by atoms with Gasteiger partial charge in [0.2, 0.25) is 5.91 Å². The van der Waals surface area contributed by atoms with Crippen LogP contribution in [-0.4, -0.2) is 23.9 Å². The quantitative estimate of drug-likeness (QED) is 0.903. The van der Waals surface area contributed by atoms with Gasteiger partial charge in [-0.25, -0.2) is 0 Å². The molecule has 3 heteroatoms. The van der Waals surface area contributed by atoms with Crippen molar-refractivity contribution in [2.24, 2.45) is 0 Å². The van der Waals surface area contributed by atoms with E-state index in [1.807, 2.05) is 40.0 Å². The van der Waals surface area contributed by atoms with Crippen LogP contribution in [0, 0.1) is 20.8 Å². The number of likely N-dealkylation sites (N-methyl/N-ethyl adjacent to an activating group) is 1. The van der Waals surface area contributed by atoms with Gasteiger partial charge in [0.05, 0.1) is 6.04 Å². The van der Waals surface area contributed by atoms with Crippen molar-refractivity contribution in [2.45, 2.75) is 40.3 Å². The average Bonchev–Trinajstić information content (AvgIpc) is 2.52. The van der Waals surface area contributed by atoms with Gasteiger partial charge in [0, 0.05) is 12.2 Å². The lowest BCUT2D eigenvalue weighted by Crippen LogP contribution is -2.39. The van der Waals surface area contributed by atoms with Crippen molar-refractivity contribution in [3.05, 3.63) is 64.7 Å². The summed E-state index contributed by atoms with van der Waals surface area (Å²) in [7, 11) is 1.98. The normalized spacial score (nSPS) is 12.3. The molecule has 0 aliphatic heterocycles. The number of anilines is 1. The van der Waals surface area contributed by atoms with E-state index >= 15 is 0 Å². The lowest BCUT2D eigenvalue weighted by molar-refractivity contribution is -0.120. The molecule has 2 aromatic carbocycles. The van der Waals surface area contributed by atoms with Crippen molar-refractivity contribution in [3.63, 3.8) is 0 Å². The van der Waals surface area contributed by atoms with Crippen molar-refractivity contribution in [1.82, 2.24) is 4.90 Å². The largest absolute Gasteiger partial charge is 0.324 e. The zero-order chi connectivity index (χ0) is 17.0. The second-order valence-electron chi connectivity index (χ2n) is 6.38. The number of hydrogen-bond acceptors (Lipinski definition) is 2. The van der Waals surface area contributed by atoms with Crippen molar-refractivity contribution in [2.75, 3.05) is 12.4 Å². The highest BCUT2D eigenvalue weighted by Crippen LogP contribution is 2.17. The molecule has 0 fully saturated rings. The van der Waals surface area contributed by atoms with Gasteiger partial charge in [0.1, 0.15) is 0 Å². The number of carbonyl (C=O) groups excluding carboxylic acids is 1. The van der Waals surface area contributed by atoms with Crippen LogP contribution < -0.4 is 5.32 Å². The predicted octanol–water partition coefficient (Wildman–Crippen LogP) is 4.07. The Morgan fingerprint density at radius 1 is 1.04 bits per heavy atom. The molecule has 0 saturated heterocycles. The molecule has 1 atom stereocenters. The molecular weight excluding hydrogens is 284 g/mol. The van der Waals surface area contributed by atoms with Gasteiger partial charge >= 0.3 is 0 Å². The van der Waals surface area contributed by atoms with Crippen molar-refractivity contribution < 1.29 is 4.79 Å². The summed E-state index contributed by atoms with van der Waals surface area (Å²) < 4.78 is 0. The van der Waals surface area contributed by atoms with Gasteiger partial charge < -0.3 is 5.32 Å². The summed E-state index contributed by atoms with van der Waals surface area (Å²) in [5, 5.41) is 3.05. The first-order valence-corrected chi connectivity index (χ1v) is 8.00. The van der Waals surface area contributed by atoms with E-state index in [-0.39, 0.29) is 11.9 Å². The van der Waals surface area contributed by atoms with Gasteiger partial charge in [-0.05, 0) is 57.5 Å². The first kappa shape index (κ1) is 17.2. The van der Waals surface area contributed by atoms with E-state index in [1.54, 1.807) is 0 Å². The molecule has 0 radical (unpaired) electrons. The summed E-state index contributed by atoms with van der Waals surface area (Å²) in [5.74, 6) is 0.0216. The molecule has 23 heavy (non-hydrogen) atoms. The molecule has 1 amide bonds. The Morgan fingerprint density at radius 3 is 2.30 bits per heavy atom. The van der Waals surface area contributed by atoms with Gasteiger partial charge in [-0.1, -0.05) is 42.0 Å². The molecule has 0 aliphatic carbocycles. The summed E-state index contributed by atoms with van der Waals surface area (Å²) >= 11 is 0. The van der Waals surface area contributed by atoms with E-state index in [9.17, 15) is 4.79 Å². The van der Waals surface area contributed by atoms with Crippen LogP contribution >= 0.6 is 0 Å². The van der Waals surface area contributed by atoms with E-state index < -0.39 is 0 Å². The first-order valence-electron chi connectivity index (χ1n) is 8.00. The zero-order valence-electron chi connectivity index (χ0n) is 14.7. The molecule has 0 heterocycles. The molecule has 0 aliphatic rings. The molecule has 0 spiro atoms. The van der Waals surface area contributed by atoms with E-state index in [2.05, 4.69) is 47.5 Å². The van der Waals surface area contributed by atoms with Gasteiger partial charge in [-0.3, -0.25) is 9.69 Å². The maximum atomic E-state index is 12.5. The lowest BCUT2D eigenvalue weighted by atomic mass is 10.1. The smallest absolute Gasteiger partial charge is 0.241 e. The highest BCUT2D eigenvalue weighted by atomic mass is 16.2. The highest BCUT2D eigenvalue weighted by molar-refractivity contribution is 5.95. The minimum atomic E-state index is -0.198. The third-order valence-electron chi connectivity index (χ3n) is 4.24. The van der Waals surface area contributed by atoms with Crippen LogP contribution in [0.5, 0.6) is 0 Å². The van der Waals surface area contributed by atoms with Crippen LogP contribution in [0.2, 0.25) is 0 Å². The Bertz CT molecular complexity index is 677. The summed E-state index contributed by atoms with van der Waals surface area (Å²) in [6.07, 6.45) is 0. The van der Waals surface area contributed by atoms with Crippen LogP contribution in [0.1, 0.15) is 29.2 Å². The highest BCUT2D eigenvalue weighted by Gasteiger charge is 2.18. The maximum Gasteiger partial charge on any atom is 0.241 e. The fourth-order valence-corrected chi connectivity index (χ4v) is 2.43. The van der Waals surface area contributed by atoms with Gasteiger partial charge in [-0.2, -0.15) is 0 Å². The molecule has 0 bridgehead atoms. The van der Waals surface area contributed by atoms with Crippen LogP contribution in [-0.2, 0) is 11.3 Å². The summed E-state index contributed by atoms with van der Waals surface area (Å²) in [4.78, 5) is 14.6. The second-order valence-corrected chi connectivity index (χ2v) is 6.38. The van der Waals surface area contributed by atoms with Crippen molar-refractivity contribution >= 4 is 11.6 Å². The number of aryl methyl sites for hydroxylation is 3. The van der Waals surface area contributed by atoms with Crippen LogP contribution in [0.3, 0.4) is 0 Å². The molecule has 0 aromatic heterocycles. The monoisotopic (exact) mass is 310 g/mol. The van der Waals surface area contributed by atoms with Crippen molar-refractivity contribution in [1.29, 1.82) is 0 Å². The minimum absolute atomic E-state index is 0.0216. The Hall–Kier alpha value is -2.13. The van der Waals surface area contributed by atoms with Gasteiger partial charge in [0.25, 0.3) is 0 Å². The summed E-state index contributed by atoms with van der Waals surface area (Å²) in [6, 6.07) is 14.3. The summed E-state index contributed by atoms with van der Waals surface area (Å²) in [6.45, 7) is 8.81. The SMILES string of the molecule is Cc1ccc(CN(C)C(C)C(=O)Nc2cc(C)ccc2C)cc1. The molecule has 2 rings (SSSR count). The van der Waals surface area contributed by atoms with Gasteiger partial charge in [0.15, 0.2) is 0 Å². The van der Waals surface area contributed by atoms with Crippen LogP contribution in [0.25, 0.3) is 0 Å². The molecule has 122 valence electrons. The zero-order valence-corrected chi connectivity index (χ0v) is 14.7. The van der Waals surface area contributed by atoms with E-state index in [1.165, 1.54) is 11.1 Å². The Labute approximate surface area is 139 Å². The van der Waals surface area contributed by atoms with Crippen LogP contribution in [0.15, 0.2) is 42.5 Å². The molecule has 2 aromatic rings. The fraction of sp³-hybridized carbons (Fsp3) is 0.350. The van der Waals surface area contributed by atoms with Crippen LogP contribution in [0.4, 0.5) is 5.69 Å². The van der Waals surface area contributed by atoms with Crippen molar-refractivity contribution in [3.8, 4) is 0 Å². The third-order valence-corrected chi connectivity index (χ3v) is 4.24. The van der Waals surface area contributed by atoms with Gasteiger partial charge in [-0.15, -0.1) is 0 Å². The first-order chi connectivity index (χ1) is 10.9. The lowest BCUT2D eigenvalue weighted by Gasteiger charge is -2.24. The summed E-state index contributed by atoms with van der Waals surface area (Å²) in [5.41, 5.74) is 5.58. The minimum Gasteiger partial charge on any atom is -0.324 e. The molecule has 1 N–H and O–H groups in total. The molecule has 3 nitrogen and oxygen atoms in total. The Kier molecular flexibility index (Phi) is 5.56. The van der Waals surface area contributed by atoms with E-state index in [4.69, 9.17) is 0 Å². The molecule has 1 unspecified atom stereocenters. The van der Waals surface area contributed by atoms with E-state index in [0.29, 0.717) is 0 Å². The third kappa shape index (κ3) is 4.67. The molecular formula is C20H26N2O.